The number of carbonyl (C=O) groups is 1. The number of rotatable bonds is 13. The normalized spacial score (nSPS) is 13.9. The van der Waals surface area contributed by atoms with Crippen LogP contribution in [0.4, 0.5) is 22.0 Å². The summed E-state index contributed by atoms with van der Waals surface area (Å²) in [4.78, 5) is 17.5. The Hall–Kier alpha value is -3.93. The van der Waals surface area contributed by atoms with E-state index in [2.05, 4.69) is 26.7 Å². The van der Waals surface area contributed by atoms with Gasteiger partial charge in [-0.15, -0.1) is 5.10 Å². The lowest BCUT2D eigenvalue weighted by Crippen LogP contribution is -2.44. The number of ketones is 1. The molecule has 0 amide bonds. The molecule has 0 aliphatic rings. The molecule has 0 aliphatic carbocycles. The number of Topliss-reactive ketones (excluding diaryl/α,β-unsaturated/α-hetero) is 1. The fourth-order valence-corrected chi connectivity index (χ4v) is 4.57. The molecular weight excluding hydrogens is 557 g/mol. The first-order valence-electron chi connectivity index (χ1n) is 13.7. The summed E-state index contributed by atoms with van der Waals surface area (Å²) >= 11 is 0. The molecule has 2 heterocycles. The van der Waals surface area contributed by atoms with Crippen LogP contribution in [-0.2, 0) is 16.9 Å². The molecule has 4 rings (SSSR count). The molecule has 0 saturated carbocycles. The average molecular weight is 590 g/mol. The molecule has 1 N–H and O–H groups in total. The summed E-state index contributed by atoms with van der Waals surface area (Å²) in [6.07, 6.45) is 5.01. The fraction of sp³-hybridized carbons (Fsp3) is 0.400. The van der Waals surface area contributed by atoms with E-state index in [-0.39, 0.29) is 5.92 Å². The van der Waals surface area contributed by atoms with Gasteiger partial charge in [0.15, 0.2) is 11.5 Å². The second-order valence-electron chi connectivity index (χ2n) is 10.6. The van der Waals surface area contributed by atoms with Crippen LogP contribution in [0.3, 0.4) is 0 Å². The van der Waals surface area contributed by atoms with Gasteiger partial charge in [0.2, 0.25) is 29.1 Å². The summed E-state index contributed by atoms with van der Waals surface area (Å²) in [5.41, 5.74) is 1.83. The lowest BCUT2D eigenvalue weighted by Gasteiger charge is -2.33. The minimum absolute atomic E-state index is 0.0483. The van der Waals surface area contributed by atoms with Gasteiger partial charge >= 0.3 is 0 Å². The number of unbranched alkanes of at least 4 members (excludes halogenated alkanes) is 1. The molecular formula is C30H32F5N5O2. The topological polar surface area (TPSA) is 81.9 Å². The second-order valence-corrected chi connectivity index (χ2v) is 10.6. The maximum atomic E-state index is 14.1. The summed E-state index contributed by atoms with van der Waals surface area (Å²) in [7, 11) is 0. The lowest BCUT2D eigenvalue weighted by molar-refractivity contribution is -0.124. The van der Waals surface area contributed by atoms with Crippen LogP contribution in [0.15, 0.2) is 42.7 Å². The van der Waals surface area contributed by atoms with E-state index in [0.29, 0.717) is 25.1 Å². The van der Waals surface area contributed by atoms with Gasteiger partial charge in [-0.2, -0.15) is 8.78 Å². The van der Waals surface area contributed by atoms with Crippen molar-refractivity contribution in [3.63, 3.8) is 0 Å². The fourth-order valence-electron chi connectivity index (χ4n) is 4.57. The zero-order valence-corrected chi connectivity index (χ0v) is 23.7. The molecule has 0 bridgehead atoms. The molecule has 42 heavy (non-hydrogen) atoms. The number of benzene rings is 2. The number of nitrogens with one attached hydrogen (secondary N) is 1. The Labute approximate surface area is 240 Å². The molecule has 4 aromatic rings. The minimum atomic E-state index is -2.31. The van der Waals surface area contributed by atoms with Gasteiger partial charge in [-0.1, -0.05) is 51.0 Å². The molecule has 7 nitrogen and oxygen atoms in total. The van der Waals surface area contributed by atoms with Crippen molar-refractivity contribution in [1.82, 2.24) is 25.3 Å². The number of nitrogens with zero attached hydrogens (tertiary/aromatic N) is 4. The van der Waals surface area contributed by atoms with Crippen LogP contribution >= 0.6 is 0 Å². The van der Waals surface area contributed by atoms with Gasteiger partial charge in [-0.3, -0.25) is 9.78 Å². The van der Waals surface area contributed by atoms with E-state index in [1.165, 1.54) is 4.68 Å². The standard InChI is InChI=1S/C30H32F5N5O2/c1-5-6-9-21(22(41)16-42-29-27(34)25(32)24(31)26(33)28(29)35)40-15-23(38-39-40)30(4,17(2)3)37-14-18-10-11-20-19(13-18)8-7-12-36-20/h7-8,10-13,15,17,21,37H,5-6,9,14,16H2,1-4H3/t21-,30-/m0/s1. The molecule has 0 spiro atoms. The number of carbonyl (C=O) groups excluding carboxylic acids is 1. The van der Waals surface area contributed by atoms with Crippen molar-refractivity contribution in [2.45, 2.75) is 65.1 Å². The summed E-state index contributed by atoms with van der Waals surface area (Å²) in [5, 5.41) is 13.1. The lowest BCUT2D eigenvalue weighted by atomic mass is 9.85. The van der Waals surface area contributed by atoms with E-state index in [1.54, 1.807) is 12.4 Å². The van der Waals surface area contributed by atoms with Gasteiger partial charge in [0, 0.05) is 18.1 Å². The summed E-state index contributed by atoms with van der Waals surface area (Å²) in [6, 6.07) is 8.92. The number of fused-ring (bicyclic) bond motifs is 1. The van der Waals surface area contributed by atoms with E-state index in [1.807, 2.05) is 52.0 Å². The zero-order valence-electron chi connectivity index (χ0n) is 23.7. The van der Waals surface area contributed by atoms with Crippen LogP contribution in [0.25, 0.3) is 10.9 Å². The van der Waals surface area contributed by atoms with E-state index >= 15 is 0 Å². The first kappa shape index (κ1) is 31.0. The number of hydrogen-bond acceptors (Lipinski definition) is 6. The van der Waals surface area contributed by atoms with Crippen molar-refractivity contribution in [3.05, 3.63) is 83.1 Å². The molecule has 12 heteroatoms. The van der Waals surface area contributed by atoms with Gasteiger partial charge < -0.3 is 10.1 Å². The van der Waals surface area contributed by atoms with Crippen LogP contribution in [0.5, 0.6) is 5.75 Å². The third-order valence-corrected chi connectivity index (χ3v) is 7.57. The number of pyridine rings is 1. The van der Waals surface area contributed by atoms with Crippen LogP contribution in [0.2, 0.25) is 0 Å². The van der Waals surface area contributed by atoms with Gasteiger partial charge in [-0.25, -0.2) is 17.9 Å². The van der Waals surface area contributed by atoms with Crippen molar-refractivity contribution < 1.29 is 31.5 Å². The number of aromatic nitrogens is 4. The Morgan fingerprint density at radius 2 is 1.74 bits per heavy atom. The molecule has 2 aromatic heterocycles. The number of hydrogen-bond donors (Lipinski definition) is 1. The van der Waals surface area contributed by atoms with Crippen LogP contribution in [0, 0.1) is 35.0 Å². The van der Waals surface area contributed by atoms with Crippen molar-refractivity contribution in [3.8, 4) is 5.75 Å². The van der Waals surface area contributed by atoms with E-state index in [4.69, 9.17) is 4.74 Å². The first-order valence-corrected chi connectivity index (χ1v) is 13.7. The summed E-state index contributed by atoms with van der Waals surface area (Å²) < 4.78 is 74.9. The minimum Gasteiger partial charge on any atom is -0.479 e. The third-order valence-electron chi connectivity index (χ3n) is 7.57. The zero-order chi connectivity index (χ0) is 30.6. The van der Waals surface area contributed by atoms with Crippen LogP contribution < -0.4 is 10.1 Å². The number of ether oxygens (including phenoxy) is 1. The van der Waals surface area contributed by atoms with E-state index in [9.17, 15) is 26.7 Å². The Balaban J connectivity index is 1.54. The van der Waals surface area contributed by atoms with Gasteiger partial charge in [0.05, 0.1) is 17.3 Å². The summed E-state index contributed by atoms with van der Waals surface area (Å²) in [6.45, 7) is 7.52. The highest BCUT2D eigenvalue weighted by atomic mass is 19.2. The van der Waals surface area contributed by atoms with Crippen LogP contribution in [0.1, 0.15) is 64.3 Å². The highest BCUT2D eigenvalue weighted by Gasteiger charge is 2.35. The van der Waals surface area contributed by atoms with Gasteiger partial charge in [0.1, 0.15) is 18.3 Å². The molecule has 0 saturated heterocycles. The Morgan fingerprint density at radius 3 is 2.40 bits per heavy atom. The Morgan fingerprint density at radius 1 is 1.05 bits per heavy atom. The summed E-state index contributed by atoms with van der Waals surface area (Å²) in [5.74, 6) is -13.0. The van der Waals surface area contributed by atoms with Crippen molar-refractivity contribution in [2.24, 2.45) is 5.92 Å². The molecule has 0 unspecified atom stereocenters. The SMILES string of the molecule is CCCC[C@@H](C(=O)COc1c(F)c(F)c(F)c(F)c1F)n1cc([C@@](C)(NCc2ccc3ncccc3c2)C(C)C)nn1. The largest absolute Gasteiger partial charge is 0.479 e. The van der Waals surface area contributed by atoms with Crippen LogP contribution in [-0.4, -0.2) is 32.4 Å². The number of halogens is 5. The molecule has 224 valence electrons. The van der Waals surface area contributed by atoms with E-state index < -0.39 is 58.8 Å². The predicted molar refractivity (Wildman–Crippen MR) is 146 cm³/mol. The van der Waals surface area contributed by atoms with Crippen molar-refractivity contribution in [1.29, 1.82) is 0 Å². The third kappa shape index (κ3) is 6.28. The first-order chi connectivity index (χ1) is 20.0. The second kappa shape index (κ2) is 12.9. The molecule has 2 aromatic carbocycles. The predicted octanol–water partition coefficient (Wildman–Crippen LogP) is 6.56. The molecule has 0 radical (unpaired) electrons. The monoisotopic (exact) mass is 589 g/mol. The van der Waals surface area contributed by atoms with E-state index in [0.717, 1.165) is 22.9 Å². The molecule has 0 fully saturated rings. The molecule has 0 aliphatic heterocycles. The van der Waals surface area contributed by atoms with Gasteiger partial charge in [-0.05, 0) is 43.0 Å². The Bertz CT molecular complexity index is 1550. The smallest absolute Gasteiger partial charge is 0.207 e. The molecule has 2 atom stereocenters. The van der Waals surface area contributed by atoms with Crippen molar-refractivity contribution in [2.75, 3.05) is 6.61 Å². The average Bonchev–Trinajstić information content (AvgIpc) is 3.48. The maximum Gasteiger partial charge on any atom is 0.207 e. The van der Waals surface area contributed by atoms with Gasteiger partial charge in [0.25, 0.3) is 0 Å². The highest BCUT2D eigenvalue weighted by Crippen LogP contribution is 2.31. The highest BCUT2D eigenvalue weighted by molar-refractivity contribution is 5.84. The quantitative estimate of drug-likeness (QED) is 0.108. The Kier molecular flexibility index (Phi) is 9.55. The van der Waals surface area contributed by atoms with Crippen molar-refractivity contribution >= 4 is 16.7 Å². The maximum absolute atomic E-state index is 14.1.